The number of benzene rings is 1. The quantitative estimate of drug-likeness (QED) is 0.733. The van der Waals surface area contributed by atoms with E-state index in [2.05, 4.69) is 20.4 Å². The van der Waals surface area contributed by atoms with Crippen molar-refractivity contribution in [3.63, 3.8) is 0 Å². The molecule has 6 heteroatoms. The molecule has 1 aromatic carbocycles. The largest absolute Gasteiger partial charge is 0.394 e. The fourth-order valence-electron chi connectivity index (χ4n) is 2.00. The molecular formula is C14H15N5O. The summed E-state index contributed by atoms with van der Waals surface area (Å²) in [6, 6.07) is 5.90. The Balaban J connectivity index is 1.69. The molecule has 6 nitrogen and oxygen atoms in total. The molecule has 0 amide bonds. The van der Waals surface area contributed by atoms with Gasteiger partial charge in [0, 0.05) is 36.4 Å². The lowest BCUT2D eigenvalue weighted by Gasteiger charge is -2.05. The fraction of sp³-hybridized carbons (Fsp3) is 0.214. The summed E-state index contributed by atoms with van der Waals surface area (Å²) in [6.07, 6.45) is 7.09. The summed E-state index contributed by atoms with van der Waals surface area (Å²) < 4.78 is 1.73. The van der Waals surface area contributed by atoms with E-state index in [4.69, 9.17) is 5.11 Å². The molecule has 3 aromatic rings. The van der Waals surface area contributed by atoms with Crippen LogP contribution in [0.2, 0.25) is 0 Å². The van der Waals surface area contributed by atoms with Crippen molar-refractivity contribution < 1.29 is 5.11 Å². The average molecular weight is 269 g/mol. The Morgan fingerprint density at radius 1 is 1.15 bits per heavy atom. The van der Waals surface area contributed by atoms with Crippen LogP contribution in [0.3, 0.4) is 0 Å². The lowest BCUT2D eigenvalue weighted by atomic mass is 10.2. The van der Waals surface area contributed by atoms with Gasteiger partial charge in [-0.1, -0.05) is 0 Å². The third-order valence-electron chi connectivity index (χ3n) is 2.98. The maximum Gasteiger partial charge on any atom is 0.0907 e. The third kappa shape index (κ3) is 2.75. The SMILES string of the molecule is OCCn1cc(CNc2ccc3nccnc3c2)cn1. The van der Waals surface area contributed by atoms with Crippen LogP contribution in [0.15, 0.2) is 43.0 Å². The summed E-state index contributed by atoms with van der Waals surface area (Å²) in [5.41, 5.74) is 3.81. The molecule has 0 radical (unpaired) electrons. The summed E-state index contributed by atoms with van der Waals surface area (Å²) in [5, 5.41) is 16.3. The zero-order valence-corrected chi connectivity index (χ0v) is 10.9. The van der Waals surface area contributed by atoms with E-state index in [1.54, 1.807) is 23.3 Å². The van der Waals surface area contributed by atoms with Crippen LogP contribution in [-0.4, -0.2) is 31.5 Å². The summed E-state index contributed by atoms with van der Waals surface area (Å²) >= 11 is 0. The first-order valence-corrected chi connectivity index (χ1v) is 6.42. The number of nitrogens with zero attached hydrogens (tertiary/aromatic N) is 4. The number of hydrogen-bond donors (Lipinski definition) is 2. The minimum absolute atomic E-state index is 0.0951. The minimum atomic E-state index is 0.0951. The second-order valence-corrected chi connectivity index (χ2v) is 4.45. The topological polar surface area (TPSA) is 75.9 Å². The molecule has 20 heavy (non-hydrogen) atoms. The van der Waals surface area contributed by atoms with Crippen LogP contribution in [0.25, 0.3) is 11.0 Å². The van der Waals surface area contributed by atoms with Gasteiger partial charge in [-0.25, -0.2) is 0 Å². The van der Waals surface area contributed by atoms with Crippen LogP contribution in [0, 0.1) is 0 Å². The number of nitrogens with one attached hydrogen (secondary N) is 1. The molecule has 3 rings (SSSR count). The average Bonchev–Trinajstić information content (AvgIpc) is 2.93. The van der Waals surface area contributed by atoms with Gasteiger partial charge in [-0.3, -0.25) is 14.6 Å². The number of anilines is 1. The zero-order chi connectivity index (χ0) is 13.8. The van der Waals surface area contributed by atoms with Gasteiger partial charge in [0.05, 0.1) is 30.4 Å². The van der Waals surface area contributed by atoms with E-state index in [0.29, 0.717) is 13.1 Å². The predicted octanol–water partition coefficient (Wildman–Crippen LogP) is 1.43. The molecule has 102 valence electrons. The highest BCUT2D eigenvalue weighted by molar-refractivity contribution is 5.78. The first-order valence-electron chi connectivity index (χ1n) is 6.42. The summed E-state index contributed by atoms with van der Waals surface area (Å²) in [4.78, 5) is 8.52. The number of rotatable bonds is 5. The van der Waals surface area contributed by atoms with E-state index in [-0.39, 0.29) is 6.61 Å². The third-order valence-corrected chi connectivity index (χ3v) is 2.98. The number of aliphatic hydroxyl groups is 1. The molecule has 2 heterocycles. The Kier molecular flexibility index (Phi) is 3.56. The molecule has 2 aromatic heterocycles. The molecule has 0 saturated carbocycles. The molecular weight excluding hydrogens is 254 g/mol. The van der Waals surface area contributed by atoms with Crippen LogP contribution in [0.1, 0.15) is 5.56 Å². The van der Waals surface area contributed by atoms with E-state index in [1.165, 1.54) is 0 Å². The summed E-state index contributed by atoms with van der Waals surface area (Å²) in [6.45, 7) is 1.29. The van der Waals surface area contributed by atoms with E-state index in [0.717, 1.165) is 22.3 Å². The van der Waals surface area contributed by atoms with Gasteiger partial charge >= 0.3 is 0 Å². The van der Waals surface area contributed by atoms with Gasteiger partial charge in [0.1, 0.15) is 0 Å². The molecule has 0 fully saturated rings. The molecule has 2 N–H and O–H groups in total. The maximum absolute atomic E-state index is 8.85. The van der Waals surface area contributed by atoms with Gasteiger partial charge in [-0.05, 0) is 18.2 Å². The number of aromatic nitrogens is 4. The van der Waals surface area contributed by atoms with Gasteiger partial charge < -0.3 is 10.4 Å². The second kappa shape index (κ2) is 5.66. The van der Waals surface area contributed by atoms with Crippen molar-refractivity contribution in [1.29, 1.82) is 0 Å². The van der Waals surface area contributed by atoms with Crippen molar-refractivity contribution in [2.24, 2.45) is 0 Å². The molecule has 0 aliphatic rings. The fourth-order valence-corrected chi connectivity index (χ4v) is 2.00. The first kappa shape index (κ1) is 12.6. The molecule has 0 saturated heterocycles. The van der Waals surface area contributed by atoms with E-state index >= 15 is 0 Å². The van der Waals surface area contributed by atoms with Crippen molar-refractivity contribution >= 4 is 16.7 Å². The van der Waals surface area contributed by atoms with Crippen molar-refractivity contribution in [3.8, 4) is 0 Å². The Morgan fingerprint density at radius 3 is 2.85 bits per heavy atom. The van der Waals surface area contributed by atoms with Crippen LogP contribution >= 0.6 is 0 Å². The van der Waals surface area contributed by atoms with Gasteiger partial charge in [0.15, 0.2) is 0 Å². The summed E-state index contributed by atoms with van der Waals surface area (Å²) in [5.74, 6) is 0. The Morgan fingerprint density at radius 2 is 2.00 bits per heavy atom. The number of hydrogen-bond acceptors (Lipinski definition) is 5. The second-order valence-electron chi connectivity index (χ2n) is 4.45. The lowest BCUT2D eigenvalue weighted by Crippen LogP contribution is -2.02. The molecule has 0 spiro atoms. The smallest absolute Gasteiger partial charge is 0.0907 e. The van der Waals surface area contributed by atoms with Crippen molar-refractivity contribution in [1.82, 2.24) is 19.7 Å². The minimum Gasteiger partial charge on any atom is -0.394 e. The zero-order valence-electron chi connectivity index (χ0n) is 10.9. The van der Waals surface area contributed by atoms with Crippen LogP contribution in [0.5, 0.6) is 0 Å². The predicted molar refractivity (Wildman–Crippen MR) is 76.2 cm³/mol. The van der Waals surface area contributed by atoms with Crippen molar-refractivity contribution in [2.75, 3.05) is 11.9 Å². The maximum atomic E-state index is 8.85. The molecule has 0 atom stereocenters. The highest BCUT2D eigenvalue weighted by Crippen LogP contribution is 2.15. The Bertz CT molecular complexity index is 709. The summed E-state index contributed by atoms with van der Waals surface area (Å²) in [7, 11) is 0. The molecule has 0 aliphatic carbocycles. The van der Waals surface area contributed by atoms with Gasteiger partial charge in [0.25, 0.3) is 0 Å². The standard InChI is InChI=1S/C14H15N5O/c20-6-5-19-10-11(9-18-19)8-17-12-1-2-13-14(7-12)16-4-3-15-13/h1-4,7,9-10,17,20H,5-6,8H2. The van der Waals surface area contributed by atoms with Crippen LogP contribution in [0.4, 0.5) is 5.69 Å². The first-order chi connectivity index (χ1) is 9.85. The molecule has 0 bridgehead atoms. The van der Waals surface area contributed by atoms with Gasteiger partial charge in [-0.15, -0.1) is 0 Å². The van der Waals surface area contributed by atoms with Crippen LogP contribution in [-0.2, 0) is 13.1 Å². The highest BCUT2D eigenvalue weighted by atomic mass is 16.3. The highest BCUT2D eigenvalue weighted by Gasteiger charge is 2.00. The Hall–Kier alpha value is -2.47. The van der Waals surface area contributed by atoms with E-state index in [9.17, 15) is 0 Å². The van der Waals surface area contributed by atoms with Crippen molar-refractivity contribution in [3.05, 3.63) is 48.5 Å². The van der Waals surface area contributed by atoms with Crippen molar-refractivity contribution in [2.45, 2.75) is 13.1 Å². The number of fused-ring (bicyclic) bond motifs is 1. The molecule has 0 unspecified atom stereocenters. The van der Waals surface area contributed by atoms with E-state index in [1.807, 2.05) is 24.4 Å². The Labute approximate surface area is 116 Å². The van der Waals surface area contributed by atoms with Crippen LogP contribution < -0.4 is 5.32 Å². The monoisotopic (exact) mass is 269 g/mol. The van der Waals surface area contributed by atoms with E-state index < -0.39 is 0 Å². The number of aliphatic hydroxyl groups excluding tert-OH is 1. The molecule has 0 aliphatic heterocycles. The lowest BCUT2D eigenvalue weighted by molar-refractivity contribution is 0.269. The van der Waals surface area contributed by atoms with Gasteiger partial charge in [-0.2, -0.15) is 5.10 Å². The normalized spacial score (nSPS) is 10.8. The van der Waals surface area contributed by atoms with Gasteiger partial charge in [0.2, 0.25) is 0 Å².